The Morgan fingerprint density at radius 1 is 1.00 bits per heavy atom. The standard InChI is InChI=1S/C17H30N2O/c1-4-13-20-14-7-12-18-15-16-8-10-17(11-9-16)19(5-2)6-3/h8-11,18H,4-7,12-15H2,1-3H3. The van der Waals surface area contributed by atoms with Crippen LogP contribution in [0.15, 0.2) is 24.3 Å². The number of anilines is 1. The molecule has 0 fully saturated rings. The van der Waals surface area contributed by atoms with Crippen molar-refractivity contribution >= 4 is 5.69 Å². The number of rotatable bonds is 11. The zero-order chi connectivity index (χ0) is 14.6. The Labute approximate surface area is 124 Å². The van der Waals surface area contributed by atoms with Gasteiger partial charge in [-0.05, 0) is 50.9 Å². The summed E-state index contributed by atoms with van der Waals surface area (Å²) >= 11 is 0. The van der Waals surface area contributed by atoms with E-state index in [1.54, 1.807) is 0 Å². The molecule has 0 aromatic heterocycles. The molecule has 0 aliphatic heterocycles. The van der Waals surface area contributed by atoms with Gasteiger partial charge in [-0.3, -0.25) is 0 Å². The van der Waals surface area contributed by atoms with E-state index < -0.39 is 0 Å². The largest absolute Gasteiger partial charge is 0.381 e. The van der Waals surface area contributed by atoms with Gasteiger partial charge >= 0.3 is 0 Å². The Morgan fingerprint density at radius 2 is 1.70 bits per heavy atom. The molecule has 0 atom stereocenters. The van der Waals surface area contributed by atoms with Crippen LogP contribution in [0.1, 0.15) is 39.2 Å². The molecule has 1 aromatic rings. The molecular formula is C17H30N2O. The van der Waals surface area contributed by atoms with Gasteiger partial charge in [0.1, 0.15) is 0 Å². The first-order valence-corrected chi connectivity index (χ1v) is 7.94. The number of nitrogens with zero attached hydrogens (tertiary/aromatic N) is 1. The van der Waals surface area contributed by atoms with E-state index in [2.05, 4.69) is 55.3 Å². The van der Waals surface area contributed by atoms with E-state index in [-0.39, 0.29) is 0 Å². The molecule has 0 bridgehead atoms. The molecule has 1 rings (SSSR count). The second kappa shape index (κ2) is 10.7. The molecule has 1 N–H and O–H groups in total. The van der Waals surface area contributed by atoms with Crippen LogP contribution < -0.4 is 10.2 Å². The summed E-state index contributed by atoms with van der Waals surface area (Å²) in [5, 5.41) is 3.46. The fraction of sp³-hybridized carbons (Fsp3) is 0.647. The van der Waals surface area contributed by atoms with E-state index in [1.165, 1.54) is 11.3 Å². The first-order valence-electron chi connectivity index (χ1n) is 7.94. The Hall–Kier alpha value is -1.06. The molecule has 0 heterocycles. The molecule has 3 nitrogen and oxygen atoms in total. The van der Waals surface area contributed by atoms with Crippen molar-refractivity contribution in [3.63, 3.8) is 0 Å². The Kier molecular flexibility index (Phi) is 9.09. The highest BCUT2D eigenvalue weighted by atomic mass is 16.5. The second-order valence-electron chi connectivity index (χ2n) is 4.98. The summed E-state index contributed by atoms with van der Waals surface area (Å²) in [6.07, 6.45) is 2.18. The highest BCUT2D eigenvalue weighted by molar-refractivity contribution is 5.47. The predicted molar refractivity (Wildman–Crippen MR) is 87.4 cm³/mol. The third kappa shape index (κ3) is 6.40. The van der Waals surface area contributed by atoms with Gasteiger partial charge in [-0.15, -0.1) is 0 Å². The topological polar surface area (TPSA) is 24.5 Å². The van der Waals surface area contributed by atoms with Gasteiger partial charge in [0.15, 0.2) is 0 Å². The second-order valence-corrected chi connectivity index (χ2v) is 4.98. The molecule has 0 unspecified atom stereocenters. The summed E-state index contributed by atoms with van der Waals surface area (Å²) in [5.41, 5.74) is 2.65. The van der Waals surface area contributed by atoms with E-state index in [1.807, 2.05) is 0 Å². The van der Waals surface area contributed by atoms with Crippen LogP contribution in [0.3, 0.4) is 0 Å². The van der Waals surface area contributed by atoms with Crippen molar-refractivity contribution in [3.8, 4) is 0 Å². The summed E-state index contributed by atoms with van der Waals surface area (Å²) in [6, 6.07) is 8.87. The Bertz CT molecular complexity index is 333. The molecule has 0 aliphatic rings. The fourth-order valence-electron chi connectivity index (χ4n) is 2.19. The first-order chi connectivity index (χ1) is 9.81. The van der Waals surface area contributed by atoms with Crippen molar-refractivity contribution < 1.29 is 4.74 Å². The summed E-state index contributed by atoms with van der Waals surface area (Å²) in [4.78, 5) is 2.36. The minimum absolute atomic E-state index is 0.863. The molecule has 0 saturated heterocycles. The van der Waals surface area contributed by atoms with E-state index in [0.717, 1.165) is 52.2 Å². The maximum absolute atomic E-state index is 5.46. The molecular weight excluding hydrogens is 248 g/mol. The van der Waals surface area contributed by atoms with Gasteiger partial charge in [-0.2, -0.15) is 0 Å². The Balaban J connectivity index is 2.21. The minimum Gasteiger partial charge on any atom is -0.381 e. The predicted octanol–water partition coefficient (Wildman–Crippen LogP) is 3.44. The smallest absolute Gasteiger partial charge is 0.0478 e. The zero-order valence-corrected chi connectivity index (χ0v) is 13.3. The lowest BCUT2D eigenvalue weighted by molar-refractivity contribution is 0.132. The number of benzene rings is 1. The molecule has 0 radical (unpaired) electrons. The van der Waals surface area contributed by atoms with Crippen molar-refractivity contribution in [1.82, 2.24) is 5.32 Å². The van der Waals surface area contributed by atoms with Crippen LogP contribution in [-0.4, -0.2) is 32.8 Å². The van der Waals surface area contributed by atoms with Crippen LogP contribution in [0.4, 0.5) is 5.69 Å². The van der Waals surface area contributed by atoms with Crippen LogP contribution in [0, 0.1) is 0 Å². The SMILES string of the molecule is CCCOCCCNCc1ccc(N(CC)CC)cc1. The summed E-state index contributed by atoms with van der Waals surface area (Å²) in [6.45, 7) is 12.3. The average Bonchev–Trinajstić information content (AvgIpc) is 2.49. The zero-order valence-electron chi connectivity index (χ0n) is 13.3. The third-order valence-corrected chi connectivity index (χ3v) is 3.38. The maximum atomic E-state index is 5.46. The van der Waals surface area contributed by atoms with Crippen molar-refractivity contribution in [2.75, 3.05) is 37.7 Å². The van der Waals surface area contributed by atoms with Gasteiger partial charge in [0, 0.05) is 38.5 Å². The van der Waals surface area contributed by atoms with E-state index >= 15 is 0 Å². The highest BCUT2D eigenvalue weighted by Crippen LogP contribution is 2.14. The molecule has 0 amide bonds. The summed E-state index contributed by atoms with van der Waals surface area (Å²) in [5.74, 6) is 0. The van der Waals surface area contributed by atoms with E-state index in [4.69, 9.17) is 4.74 Å². The third-order valence-electron chi connectivity index (χ3n) is 3.38. The van der Waals surface area contributed by atoms with Gasteiger partial charge in [-0.1, -0.05) is 19.1 Å². The van der Waals surface area contributed by atoms with Crippen LogP contribution in [0.2, 0.25) is 0 Å². The lowest BCUT2D eigenvalue weighted by atomic mass is 10.2. The van der Waals surface area contributed by atoms with Gasteiger partial charge in [-0.25, -0.2) is 0 Å². The molecule has 1 aromatic carbocycles. The molecule has 0 saturated carbocycles. The van der Waals surface area contributed by atoms with Crippen LogP contribution in [0.25, 0.3) is 0 Å². The number of ether oxygens (including phenoxy) is 1. The van der Waals surface area contributed by atoms with E-state index in [0.29, 0.717) is 0 Å². The lowest BCUT2D eigenvalue weighted by Gasteiger charge is -2.21. The number of hydrogen-bond acceptors (Lipinski definition) is 3. The van der Waals surface area contributed by atoms with E-state index in [9.17, 15) is 0 Å². The minimum atomic E-state index is 0.863. The quantitative estimate of drug-likeness (QED) is 0.628. The summed E-state index contributed by atoms with van der Waals surface area (Å²) < 4.78 is 5.46. The number of nitrogens with one attached hydrogen (secondary N) is 1. The monoisotopic (exact) mass is 278 g/mol. The van der Waals surface area contributed by atoms with Gasteiger partial charge in [0.25, 0.3) is 0 Å². The number of hydrogen-bond donors (Lipinski definition) is 1. The maximum Gasteiger partial charge on any atom is 0.0478 e. The van der Waals surface area contributed by atoms with Crippen LogP contribution in [-0.2, 0) is 11.3 Å². The van der Waals surface area contributed by atoms with Gasteiger partial charge in [0.05, 0.1) is 0 Å². The van der Waals surface area contributed by atoms with Crippen molar-refractivity contribution in [2.24, 2.45) is 0 Å². The molecule has 20 heavy (non-hydrogen) atoms. The van der Waals surface area contributed by atoms with Crippen LogP contribution in [0.5, 0.6) is 0 Å². The van der Waals surface area contributed by atoms with Crippen molar-refractivity contribution in [2.45, 2.75) is 40.2 Å². The average molecular weight is 278 g/mol. The molecule has 114 valence electrons. The molecule has 3 heteroatoms. The fourth-order valence-corrected chi connectivity index (χ4v) is 2.19. The van der Waals surface area contributed by atoms with Crippen molar-refractivity contribution in [1.29, 1.82) is 0 Å². The lowest BCUT2D eigenvalue weighted by Crippen LogP contribution is -2.21. The van der Waals surface area contributed by atoms with Gasteiger partial charge in [0.2, 0.25) is 0 Å². The van der Waals surface area contributed by atoms with Crippen LogP contribution >= 0.6 is 0 Å². The highest BCUT2D eigenvalue weighted by Gasteiger charge is 2.01. The molecule has 0 spiro atoms. The van der Waals surface area contributed by atoms with Crippen molar-refractivity contribution in [3.05, 3.63) is 29.8 Å². The normalized spacial score (nSPS) is 10.8. The Morgan fingerprint density at radius 3 is 2.30 bits per heavy atom. The van der Waals surface area contributed by atoms with Gasteiger partial charge < -0.3 is 15.0 Å². The summed E-state index contributed by atoms with van der Waals surface area (Å²) in [7, 11) is 0. The molecule has 0 aliphatic carbocycles. The first kappa shape index (κ1) is 17.0.